The molecule has 6 heteroatoms. The predicted octanol–water partition coefficient (Wildman–Crippen LogP) is 2.93. The zero-order valence-corrected chi connectivity index (χ0v) is 16.1. The highest BCUT2D eigenvalue weighted by molar-refractivity contribution is 5.95. The Labute approximate surface area is 164 Å². The number of carbonyl (C=O) groups excluding carboxylic acids is 2. The van der Waals surface area contributed by atoms with Crippen LogP contribution in [0, 0.1) is 0 Å². The average molecular weight is 381 g/mol. The standard InChI is InChI=1S/C22H23NO5/c1-26-18-9-8-15(12-19(18)27-2)13-20(24)23-11-5-10-22(14-23)17-7-4-3-6-16(17)21(25)28-22/h3-4,6-9,12H,5,10-11,13-14H2,1-2H3/t22-/m0/s1. The van der Waals surface area contributed by atoms with Gasteiger partial charge in [0.15, 0.2) is 17.1 Å². The van der Waals surface area contributed by atoms with Crippen molar-refractivity contribution in [2.75, 3.05) is 27.3 Å². The Balaban J connectivity index is 1.53. The predicted molar refractivity (Wildman–Crippen MR) is 103 cm³/mol. The molecule has 2 aliphatic rings. The molecule has 0 unspecified atom stereocenters. The van der Waals surface area contributed by atoms with Gasteiger partial charge in [0, 0.05) is 12.1 Å². The largest absolute Gasteiger partial charge is 0.493 e. The van der Waals surface area contributed by atoms with Crippen LogP contribution in [-0.4, -0.2) is 44.1 Å². The fourth-order valence-corrected chi connectivity index (χ4v) is 4.16. The number of esters is 1. The summed E-state index contributed by atoms with van der Waals surface area (Å²) in [6, 6.07) is 13.0. The van der Waals surface area contributed by atoms with Gasteiger partial charge in [0.1, 0.15) is 0 Å². The number of nitrogens with zero attached hydrogens (tertiary/aromatic N) is 1. The van der Waals surface area contributed by atoms with E-state index in [-0.39, 0.29) is 18.3 Å². The van der Waals surface area contributed by atoms with Gasteiger partial charge in [-0.2, -0.15) is 0 Å². The van der Waals surface area contributed by atoms with Gasteiger partial charge in [-0.25, -0.2) is 4.79 Å². The average Bonchev–Trinajstić information content (AvgIpc) is 2.99. The molecule has 146 valence electrons. The maximum absolute atomic E-state index is 13.0. The number of carbonyl (C=O) groups is 2. The van der Waals surface area contributed by atoms with Crippen molar-refractivity contribution in [2.45, 2.75) is 24.9 Å². The number of hydrogen-bond acceptors (Lipinski definition) is 5. The van der Waals surface area contributed by atoms with Crippen molar-refractivity contribution in [1.82, 2.24) is 4.90 Å². The summed E-state index contributed by atoms with van der Waals surface area (Å²) >= 11 is 0. The van der Waals surface area contributed by atoms with E-state index in [1.54, 1.807) is 31.3 Å². The summed E-state index contributed by atoms with van der Waals surface area (Å²) in [7, 11) is 3.15. The van der Waals surface area contributed by atoms with Crippen LogP contribution in [0.25, 0.3) is 0 Å². The van der Waals surface area contributed by atoms with Crippen molar-refractivity contribution in [3.63, 3.8) is 0 Å². The van der Waals surface area contributed by atoms with Crippen LogP contribution in [-0.2, 0) is 21.6 Å². The molecule has 0 radical (unpaired) electrons. The number of amides is 1. The number of ether oxygens (including phenoxy) is 3. The minimum Gasteiger partial charge on any atom is -0.493 e. The number of likely N-dealkylation sites (tertiary alicyclic amines) is 1. The van der Waals surface area contributed by atoms with Crippen LogP contribution in [0.5, 0.6) is 11.5 Å². The van der Waals surface area contributed by atoms with Crippen LogP contribution < -0.4 is 9.47 Å². The molecule has 1 saturated heterocycles. The minimum atomic E-state index is -0.723. The first-order valence-electron chi connectivity index (χ1n) is 9.38. The molecule has 2 aliphatic heterocycles. The van der Waals surface area contributed by atoms with Crippen LogP contribution >= 0.6 is 0 Å². The molecule has 1 amide bonds. The van der Waals surface area contributed by atoms with E-state index in [1.807, 2.05) is 30.3 Å². The molecule has 0 saturated carbocycles. The Morgan fingerprint density at radius 3 is 2.71 bits per heavy atom. The van der Waals surface area contributed by atoms with Gasteiger partial charge in [0.2, 0.25) is 5.91 Å². The van der Waals surface area contributed by atoms with Crippen molar-refractivity contribution in [1.29, 1.82) is 0 Å². The van der Waals surface area contributed by atoms with Crippen LogP contribution in [0.1, 0.15) is 34.3 Å². The highest BCUT2D eigenvalue weighted by atomic mass is 16.6. The Morgan fingerprint density at radius 1 is 1.14 bits per heavy atom. The first kappa shape index (κ1) is 18.3. The SMILES string of the molecule is COc1ccc(CC(=O)N2CCC[C@@]3(C2)OC(=O)c2ccccc23)cc1OC. The second kappa shape index (κ2) is 7.19. The number of benzene rings is 2. The number of hydrogen-bond donors (Lipinski definition) is 0. The summed E-state index contributed by atoms with van der Waals surface area (Å²) in [6.45, 7) is 1.05. The lowest BCUT2D eigenvalue weighted by molar-refractivity contribution is -0.138. The monoisotopic (exact) mass is 381 g/mol. The van der Waals surface area contributed by atoms with E-state index in [9.17, 15) is 9.59 Å². The van der Waals surface area contributed by atoms with Gasteiger partial charge in [-0.15, -0.1) is 0 Å². The topological polar surface area (TPSA) is 65.1 Å². The lowest BCUT2D eigenvalue weighted by Gasteiger charge is -2.39. The summed E-state index contributed by atoms with van der Waals surface area (Å²) in [5.74, 6) is 0.933. The van der Waals surface area contributed by atoms with Crippen LogP contribution in [0.4, 0.5) is 0 Å². The summed E-state index contributed by atoms with van der Waals surface area (Å²) in [4.78, 5) is 27.1. The quantitative estimate of drug-likeness (QED) is 0.762. The van der Waals surface area contributed by atoms with Gasteiger partial charge < -0.3 is 19.1 Å². The third-order valence-corrected chi connectivity index (χ3v) is 5.54. The molecule has 6 nitrogen and oxygen atoms in total. The molecule has 2 aromatic carbocycles. The summed E-state index contributed by atoms with van der Waals surface area (Å²) in [6.07, 6.45) is 1.78. The highest BCUT2D eigenvalue weighted by Crippen LogP contribution is 2.42. The summed E-state index contributed by atoms with van der Waals surface area (Å²) < 4.78 is 16.4. The van der Waals surface area contributed by atoms with Gasteiger partial charge >= 0.3 is 5.97 Å². The molecule has 4 rings (SSSR count). The fraction of sp³-hybridized carbons (Fsp3) is 0.364. The number of fused-ring (bicyclic) bond motifs is 2. The first-order valence-corrected chi connectivity index (χ1v) is 9.38. The lowest BCUT2D eigenvalue weighted by atomic mass is 9.85. The molecule has 1 spiro atoms. The molecule has 0 aromatic heterocycles. The summed E-state index contributed by atoms with van der Waals surface area (Å²) in [5.41, 5.74) is 1.63. The Kier molecular flexibility index (Phi) is 4.71. The van der Waals surface area contributed by atoms with E-state index in [0.717, 1.165) is 24.0 Å². The molecule has 0 bridgehead atoms. The smallest absolute Gasteiger partial charge is 0.339 e. The molecule has 0 N–H and O–H groups in total. The number of methoxy groups -OCH3 is 2. The van der Waals surface area contributed by atoms with Gasteiger partial charge in [0.05, 0.1) is 32.7 Å². The zero-order chi connectivity index (χ0) is 19.7. The minimum absolute atomic E-state index is 0.00623. The summed E-state index contributed by atoms with van der Waals surface area (Å²) in [5, 5.41) is 0. The highest BCUT2D eigenvalue weighted by Gasteiger charge is 2.48. The van der Waals surface area contributed by atoms with Gasteiger partial charge in [-0.05, 0) is 36.6 Å². The van der Waals surface area contributed by atoms with Gasteiger partial charge in [0.25, 0.3) is 0 Å². The van der Waals surface area contributed by atoms with Gasteiger partial charge in [-0.1, -0.05) is 24.3 Å². The van der Waals surface area contributed by atoms with Crippen LogP contribution in [0.15, 0.2) is 42.5 Å². The van der Waals surface area contributed by atoms with E-state index in [1.165, 1.54) is 0 Å². The molecular weight excluding hydrogens is 358 g/mol. The number of piperidine rings is 1. The Hall–Kier alpha value is -3.02. The van der Waals surface area contributed by atoms with Crippen molar-refractivity contribution in [3.8, 4) is 11.5 Å². The zero-order valence-electron chi connectivity index (χ0n) is 16.1. The van der Waals surface area contributed by atoms with Crippen LogP contribution in [0.3, 0.4) is 0 Å². The van der Waals surface area contributed by atoms with Crippen molar-refractivity contribution < 1.29 is 23.8 Å². The maximum atomic E-state index is 13.0. The molecule has 28 heavy (non-hydrogen) atoms. The molecule has 2 heterocycles. The molecule has 2 aromatic rings. The van der Waals surface area contributed by atoms with E-state index < -0.39 is 5.60 Å². The Morgan fingerprint density at radius 2 is 1.93 bits per heavy atom. The second-order valence-electron chi connectivity index (χ2n) is 7.21. The van der Waals surface area contributed by atoms with E-state index in [2.05, 4.69) is 0 Å². The maximum Gasteiger partial charge on any atom is 0.339 e. The molecule has 0 aliphatic carbocycles. The van der Waals surface area contributed by atoms with Crippen molar-refractivity contribution in [3.05, 3.63) is 59.2 Å². The first-order chi connectivity index (χ1) is 13.6. The Bertz CT molecular complexity index is 925. The second-order valence-corrected chi connectivity index (χ2v) is 7.21. The lowest BCUT2D eigenvalue weighted by Crippen LogP contribution is -2.49. The number of rotatable bonds is 4. The van der Waals surface area contributed by atoms with E-state index >= 15 is 0 Å². The third kappa shape index (κ3) is 3.09. The van der Waals surface area contributed by atoms with Crippen LogP contribution in [0.2, 0.25) is 0 Å². The molecule has 1 atom stereocenters. The molecule has 1 fully saturated rings. The van der Waals surface area contributed by atoms with Crippen molar-refractivity contribution >= 4 is 11.9 Å². The van der Waals surface area contributed by atoms with Crippen molar-refractivity contribution in [2.24, 2.45) is 0 Å². The van der Waals surface area contributed by atoms with E-state index in [4.69, 9.17) is 14.2 Å². The van der Waals surface area contributed by atoms with Gasteiger partial charge in [-0.3, -0.25) is 4.79 Å². The third-order valence-electron chi connectivity index (χ3n) is 5.54. The fourth-order valence-electron chi connectivity index (χ4n) is 4.16. The van der Waals surface area contributed by atoms with E-state index in [0.29, 0.717) is 30.2 Å². The molecular formula is C22H23NO5. The normalized spacial score (nSPS) is 20.6.